The molecule has 3 heterocycles. The Balaban J connectivity index is 1.65. The summed E-state index contributed by atoms with van der Waals surface area (Å²) in [5.41, 5.74) is -0.139. The summed E-state index contributed by atoms with van der Waals surface area (Å²) in [7, 11) is 0. The molecule has 1 aromatic carbocycles. The third kappa shape index (κ3) is 4.64. The first-order valence-corrected chi connectivity index (χ1v) is 10.4. The van der Waals surface area contributed by atoms with Gasteiger partial charge in [-0.1, -0.05) is 18.6 Å². The number of piperidine rings is 1. The number of hydrogen-bond acceptors (Lipinski definition) is 4. The minimum atomic E-state index is -4.47. The Morgan fingerprint density at radius 1 is 1.00 bits per heavy atom. The highest BCUT2D eigenvalue weighted by Gasteiger charge is 2.35. The summed E-state index contributed by atoms with van der Waals surface area (Å²) in [5, 5.41) is 0.235. The van der Waals surface area contributed by atoms with Gasteiger partial charge in [0.1, 0.15) is 12.4 Å². The molecule has 1 aromatic heterocycles. The van der Waals surface area contributed by atoms with Gasteiger partial charge in [-0.25, -0.2) is 4.98 Å². The van der Waals surface area contributed by atoms with Crippen molar-refractivity contribution in [2.45, 2.75) is 50.9 Å². The van der Waals surface area contributed by atoms with Crippen molar-refractivity contribution in [1.29, 1.82) is 0 Å². The van der Waals surface area contributed by atoms with Gasteiger partial charge in [-0.3, -0.25) is 14.3 Å². The summed E-state index contributed by atoms with van der Waals surface area (Å²) in [6.45, 7) is 3.41. The molecule has 2 aliphatic heterocycles. The molecule has 4 rings (SSSR count). The zero-order valence-corrected chi connectivity index (χ0v) is 16.5. The van der Waals surface area contributed by atoms with E-state index in [0.717, 1.165) is 50.1 Å². The summed E-state index contributed by atoms with van der Waals surface area (Å²) < 4.78 is 40.7. The SMILES string of the molecule is O=c1c2ccccc2nc(C2CCCN2CCN2CCCCC2)n1CC(F)(F)F. The van der Waals surface area contributed by atoms with E-state index in [1.54, 1.807) is 24.3 Å². The van der Waals surface area contributed by atoms with Crippen LogP contribution in [-0.2, 0) is 6.54 Å². The molecule has 0 spiro atoms. The van der Waals surface area contributed by atoms with E-state index >= 15 is 0 Å². The summed E-state index contributed by atoms with van der Waals surface area (Å²) >= 11 is 0. The van der Waals surface area contributed by atoms with Gasteiger partial charge >= 0.3 is 6.18 Å². The van der Waals surface area contributed by atoms with Crippen LogP contribution in [0.25, 0.3) is 10.9 Å². The van der Waals surface area contributed by atoms with Crippen LogP contribution in [0.5, 0.6) is 0 Å². The number of alkyl halides is 3. The van der Waals surface area contributed by atoms with E-state index in [0.29, 0.717) is 5.52 Å². The van der Waals surface area contributed by atoms with Crippen LogP contribution in [-0.4, -0.2) is 58.3 Å². The van der Waals surface area contributed by atoms with Crippen molar-refractivity contribution >= 4 is 10.9 Å². The molecule has 158 valence electrons. The molecule has 0 aliphatic carbocycles. The quantitative estimate of drug-likeness (QED) is 0.758. The fraction of sp³-hybridized carbons (Fsp3) is 0.619. The van der Waals surface area contributed by atoms with Crippen LogP contribution in [0.15, 0.2) is 29.1 Å². The Morgan fingerprint density at radius 2 is 1.76 bits per heavy atom. The summed E-state index contributed by atoms with van der Waals surface area (Å²) in [6.07, 6.45) is 0.844. The maximum atomic E-state index is 13.3. The summed E-state index contributed by atoms with van der Waals surface area (Å²) in [4.78, 5) is 22.1. The molecule has 0 N–H and O–H groups in total. The predicted octanol–water partition coefficient (Wildman–Crippen LogP) is 3.58. The number of aromatic nitrogens is 2. The van der Waals surface area contributed by atoms with Crippen LogP contribution in [0.4, 0.5) is 13.2 Å². The van der Waals surface area contributed by atoms with Crippen molar-refractivity contribution in [3.05, 3.63) is 40.4 Å². The fourth-order valence-corrected chi connectivity index (χ4v) is 4.61. The Hall–Kier alpha value is -1.93. The topological polar surface area (TPSA) is 41.4 Å². The van der Waals surface area contributed by atoms with Crippen LogP contribution in [0.2, 0.25) is 0 Å². The molecule has 1 unspecified atom stereocenters. The molecule has 2 fully saturated rings. The summed E-state index contributed by atoms with van der Waals surface area (Å²) in [5.74, 6) is 0.252. The van der Waals surface area contributed by atoms with Gasteiger partial charge in [0.25, 0.3) is 5.56 Å². The first-order valence-electron chi connectivity index (χ1n) is 10.4. The molecular formula is C21H27F3N4O. The molecule has 2 aliphatic rings. The normalized spacial score (nSPS) is 21.8. The molecule has 2 aromatic rings. The van der Waals surface area contributed by atoms with Gasteiger partial charge in [0, 0.05) is 13.1 Å². The third-order valence-electron chi connectivity index (χ3n) is 6.04. The minimum Gasteiger partial charge on any atom is -0.302 e. The molecule has 0 amide bonds. The number of nitrogens with zero attached hydrogens (tertiary/aromatic N) is 4. The van der Waals surface area contributed by atoms with Crippen LogP contribution in [0.3, 0.4) is 0 Å². The highest BCUT2D eigenvalue weighted by atomic mass is 19.4. The molecule has 29 heavy (non-hydrogen) atoms. The summed E-state index contributed by atoms with van der Waals surface area (Å²) in [6, 6.07) is 6.41. The van der Waals surface area contributed by atoms with E-state index in [4.69, 9.17) is 0 Å². The highest BCUT2D eigenvalue weighted by molar-refractivity contribution is 5.77. The number of para-hydroxylation sites is 1. The van der Waals surface area contributed by atoms with Crippen LogP contribution < -0.4 is 5.56 Å². The molecule has 0 bridgehead atoms. The molecule has 0 saturated carbocycles. The second kappa shape index (κ2) is 8.44. The maximum absolute atomic E-state index is 13.3. The second-order valence-corrected chi connectivity index (χ2v) is 8.09. The molecule has 1 atom stereocenters. The average molecular weight is 408 g/mol. The fourth-order valence-electron chi connectivity index (χ4n) is 4.61. The Bertz CT molecular complexity index is 905. The van der Waals surface area contributed by atoms with Crippen molar-refractivity contribution < 1.29 is 13.2 Å². The third-order valence-corrected chi connectivity index (χ3v) is 6.04. The number of halogens is 3. The minimum absolute atomic E-state index is 0.235. The van der Waals surface area contributed by atoms with Crippen molar-refractivity contribution in [1.82, 2.24) is 19.4 Å². The van der Waals surface area contributed by atoms with Crippen molar-refractivity contribution in [2.24, 2.45) is 0 Å². The largest absolute Gasteiger partial charge is 0.406 e. The Labute approximate surface area is 168 Å². The highest BCUT2D eigenvalue weighted by Crippen LogP contribution is 2.32. The lowest BCUT2D eigenvalue weighted by atomic mass is 10.1. The molecule has 2 saturated heterocycles. The van der Waals surface area contributed by atoms with Gasteiger partial charge in [-0.05, 0) is 57.5 Å². The molecule has 0 radical (unpaired) electrons. The van der Waals surface area contributed by atoms with E-state index in [9.17, 15) is 18.0 Å². The number of likely N-dealkylation sites (tertiary alicyclic amines) is 2. The van der Waals surface area contributed by atoms with E-state index in [2.05, 4.69) is 14.8 Å². The van der Waals surface area contributed by atoms with E-state index < -0.39 is 18.3 Å². The smallest absolute Gasteiger partial charge is 0.302 e. The molecular weight excluding hydrogens is 381 g/mol. The van der Waals surface area contributed by atoms with Crippen LogP contribution in [0, 0.1) is 0 Å². The Morgan fingerprint density at radius 3 is 2.52 bits per heavy atom. The zero-order valence-electron chi connectivity index (χ0n) is 16.5. The predicted molar refractivity (Wildman–Crippen MR) is 106 cm³/mol. The monoisotopic (exact) mass is 408 g/mol. The van der Waals surface area contributed by atoms with Gasteiger partial charge in [0.05, 0.1) is 16.9 Å². The van der Waals surface area contributed by atoms with Crippen LogP contribution in [0.1, 0.15) is 44.0 Å². The second-order valence-electron chi connectivity index (χ2n) is 8.09. The number of rotatable bonds is 5. The van der Waals surface area contributed by atoms with E-state index in [1.807, 2.05) is 0 Å². The lowest BCUT2D eigenvalue weighted by Crippen LogP contribution is -2.40. The maximum Gasteiger partial charge on any atom is 0.406 e. The van der Waals surface area contributed by atoms with Crippen molar-refractivity contribution in [3.8, 4) is 0 Å². The van der Waals surface area contributed by atoms with Crippen molar-refractivity contribution in [3.63, 3.8) is 0 Å². The van der Waals surface area contributed by atoms with Gasteiger partial charge in [-0.15, -0.1) is 0 Å². The lowest BCUT2D eigenvalue weighted by molar-refractivity contribution is -0.142. The Kier molecular flexibility index (Phi) is 5.92. The van der Waals surface area contributed by atoms with E-state index in [1.165, 1.54) is 19.3 Å². The first-order chi connectivity index (χ1) is 13.9. The molecule has 8 heteroatoms. The van der Waals surface area contributed by atoms with E-state index in [-0.39, 0.29) is 17.3 Å². The van der Waals surface area contributed by atoms with Gasteiger partial charge in [0.15, 0.2) is 0 Å². The molecule has 5 nitrogen and oxygen atoms in total. The number of hydrogen-bond donors (Lipinski definition) is 0. The standard InChI is InChI=1S/C21H27F3N4O/c22-21(23,24)15-28-19(25-17-8-3-2-7-16(17)20(28)29)18-9-6-12-27(18)14-13-26-10-4-1-5-11-26/h2-3,7-8,18H,1,4-6,9-15H2. The zero-order chi connectivity index (χ0) is 20.4. The van der Waals surface area contributed by atoms with Crippen LogP contribution >= 0.6 is 0 Å². The van der Waals surface area contributed by atoms with Gasteiger partial charge in [0.2, 0.25) is 0 Å². The lowest BCUT2D eigenvalue weighted by Gasteiger charge is -2.31. The average Bonchev–Trinajstić information content (AvgIpc) is 3.17. The first kappa shape index (κ1) is 20.3. The van der Waals surface area contributed by atoms with Gasteiger partial charge in [-0.2, -0.15) is 13.2 Å². The van der Waals surface area contributed by atoms with Crippen molar-refractivity contribution in [2.75, 3.05) is 32.7 Å². The number of benzene rings is 1. The van der Waals surface area contributed by atoms with Gasteiger partial charge < -0.3 is 4.90 Å². The number of fused-ring (bicyclic) bond motifs is 1.